The zero-order chi connectivity index (χ0) is 14.1. The summed E-state index contributed by atoms with van der Waals surface area (Å²) in [5.74, 6) is -1.34. The molecular weight excluding hydrogens is 270 g/mol. The van der Waals surface area contributed by atoms with E-state index in [1.165, 1.54) is 0 Å². The Labute approximate surface area is 112 Å². The summed E-state index contributed by atoms with van der Waals surface area (Å²) in [5, 5.41) is 0. The summed E-state index contributed by atoms with van der Waals surface area (Å²) in [4.78, 5) is 3.51. The van der Waals surface area contributed by atoms with E-state index in [2.05, 4.69) is 4.98 Å². The number of hydrogen-bond acceptors (Lipinski definition) is 5. The quantitative estimate of drug-likeness (QED) is 0.934. The normalized spacial score (nSPS) is 12.5. The van der Waals surface area contributed by atoms with Gasteiger partial charge in [-0.2, -0.15) is 4.98 Å². The molecule has 1 aliphatic rings. The van der Waals surface area contributed by atoms with Crippen molar-refractivity contribution in [3.8, 4) is 17.4 Å². The molecule has 5 nitrogen and oxygen atoms in total. The van der Waals surface area contributed by atoms with Gasteiger partial charge in [-0.1, -0.05) is 6.07 Å². The van der Waals surface area contributed by atoms with E-state index in [1.807, 2.05) is 0 Å². The van der Waals surface area contributed by atoms with Crippen molar-refractivity contribution in [2.45, 2.75) is 6.61 Å². The molecule has 0 radical (unpaired) electrons. The Kier molecular flexibility index (Phi) is 3.02. The zero-order valence-corrected chi connectivity index (χ0v) is 10.2. The van der Waals surface area contributed by atoms with Crippen molar-refractivity contribution in [2.24, 2.45) is 0 Å². The highest BCUT2D eigenvalue weighted by Gasteiger charge is 2.15. The standard InChI is InChI=1S/C13H10F2N2O3/c14-8-4-9(15)13(17-12(8)16)18-5-7-1-2-10-11(3-7)20-6-19-10/h1-4H,5-6H2,(H2,16,17). The average Bonchev–Trinajstić information content (AvgIpc) is 2.89. The second kappa shape index (κ2) is 4.84. The molecule has 2 N–H and O–H groups in total. The maximum Gasteiger partial charge on any atom is 0.252 e. The van der Waals surface area contributed by atoms with Gasteiger partial charge in [-0.25, -0.2) is 8.78 Å². The van der Waals surface area contributed by atoms with Gasteiger partial charge in [0.25, 0.3) is 5.88 Å². The van der Waals surface area contributed by atoms with E-state index >= 15 is 0 Å². The van der Waals surface area contributed by atoms with Crippen molar-refractivity contribution in [1.82, 2.24) is 4.98 Å². The van der Waals surface area contributed by atoms with Crippen molar-refractivity contribution in [3.05, 3.63) is 41.5 Å². The van der Waals surface area contributed by atoms with Crippen molar-refractivity contribution in [1.29, 1.82) is 0 Å². The van der Waals surface area contributed by atoms with Crippen LogP contribution in [0.15, 0.2) is 24.3 Å². The minimum Gasteiger partial charge on any atom is -0.471 e. The molecule has 3 rings (SSSR count). The van der Waals surface area contributed by atoms with Crippen LogP contribution in [0.5, 0.6) is 17.4 Å². The Bertz CT molecular complexity index is 664. The van der Waals surface area contributed by atoms with Gasteiger partial charge in [-0.05, 0) is 17.7 Å². The van der Waals surface area contributed by atoms with E-state index < -0.39 is 17.5 Å². The first-order valence-electron chi connectivity index (χ1n) is 5.76. The van der Waals surface area contributed by atoms with Crippen molar-refractivity contribution in [2.75, 3.05) is 12.5 Å². The first-order valence-corrected chi connectivity index (χ1v) is 5.76. The largest absolute Gasteiger partial charge is 0.471 e. The van der Waals surface area contributed by atoms with Crippen LogP contribution in [0, 0.1) is 11.6 Å². The molecule has 2 heterocycles. The van der Waals surface area contributed by atoms with Gasteiger partial charge in [-0.15, -0.1) is 0 Å². The number of hydrogen-bond donors (Lipinski definition) is 1. The molecule has 1 aromatic carbocycles. The first kappa shape index (κ1) is 12.5. The van der Waals surface area contributed by atoms with Crippen molar-refractivity contribution >= 4 is 5.82 Å². The number of fused-ring (bicyclic) bond motifs is 1. The summed E-state index contributed by atoms with van der Waals surface area (Å²) >= 11 is 0. The summed E-state index contributed by atoms with van der Waals surface area (Å²) in [6.07, 6.45) is 0. The van der Waals surface area contributed by atoms with E-state index in [4.69, 9.17) is 19.9 Å². The number of aromatic nitrogens is 1. The predicted octanol–water partition coefficient (Wildman–Crippen LogP) is 2.25. The Morgan fingerprint density at radius 3 is 2.80 bits per heavy atom. The third-order valence-electron chi connectivity index (χ3n) is 2.74. The molecule has 1 aliphatic heterocycles. The van der Waals surface area contributed by atoms with Crippen LogP contribution in [0.3, 0.4) is 0 Å². The fraction of sp³-hybridized carbons (Fsp3) is 0.154. The third kappa shape index (κ3) is 2.29. The smallest absolute Gasteiger partial charge is 0.252 e. The molecule has 0 saturated carbocycles. The van der Waals surface area contributed by atoms with Crippen LogP contribution in [0.1, 0.15) is 5.56 Å². The number of halogens is 2. The van der Waals surface area contributed by atoms with E-state index in [9.17, 15) is 8.78 Å². The van der Waals surface area contributed by atoms with E-state index in [-0.39, 0.29) is 19.3 Å². The maximum atomic E-state index is 13.4. The van der Waals surface area contributed by atoms with Crippen molar-refractivity contribution < 1.29 is 23.0 Å². The van der Waals surface area contributed by atoms with Crippen LogP contribution in [0.4, 0.5) is 14.6 Å². The molecule has 7 heteroatoms. The molecule has 0 aliphatic carbocycles. The summed E-state index contributed by atoms with van der Waals surface area (Å²) in [5.41, 5.74) is 6.00. The molecule has 0 atom stereocenters. The lowest BCUT2D eigenvalue weighted by molar-refractivity contribution is 0.174. The van der Waals surface area contributed by atoms with Crippen molar-refractivity contribution in [3.63, 3.8) is 0 Å². The highest BCUT2D eigenvalue weighted by Crippen LogP contribution is 2.32. The summed E-state index contributed by atoms with van der Waals surface area (Å²) in [7, 11) is 0. The fourth-order valence-corrected chi connectivity index (χ4v) is 1.75. The topological polar surface area (TPSA) is 66.6 Å². The lowest BCUT2D eigenvalue weighted by Gasteiger charge is -2.08. The highest BCUT2D eigenvalue weighted by atomic mass is 19.1. The maximum absolute atomic E-state index is 13.4. The van der Waals surface area contributed by atoms with Crippen LogP contribution >= 0.6 is 0 Å². The van der Waals surface area contributed by atoms with E-state index in [0.717, 1.165) is 5.56 Å². The van der Waals surface area contributed by atoms with E-state index in [1.54, 1.807) is 18.2 Å². The molecule has 0 fully saturated rings. The summed E-state index contributed by atoms with van der Waals surface area (Å²) < 4.78 is 42.0. The molecular formula is C13H10F2N2O3. The molecule has 0 spiro atoms. The van der Waals surface area contributed by atoms with E-state index in [0.29, 0.717) is 17.6 Å². The molecule has 104 valence electrons. The zero-order valence-electron chi connectivity index (χ0n) is 10.2. The highest BCUT2D eigenvalue weighted by molar-refractivity contribution is 5.44. The van der Waals surface area contributed by atoms with Gasteiger partial charge in [0.2, 0.25) is 6.79 Å². The molecule has 20 heavy (non-hydrogen) atoms. The molecule has 0 bridgehead atoms. The Morgan fingerprint density at radius 1 is 1.15 bits per heavy atom. The van der Waals surface area contributed by atoms with Crippen LogP contribution in [0.2, 0.25) is 0 Å². The van der Waals surface area contributed by atoms with Gasteiger partial charge in [0.15, 0.2) is 29.0 Å². The van der Waals surface area contributed by atoms with Gasteiger partial charge in [-0.3, -0.25) is 0 Å². The van der Waals surface area contributed by atoms with Crippen LogP contribution in [0.25, 0.3) is 0 Å². The Balaban J connectivity index is 1.75. The second-order valence-corrected chi connectivity index (χ2v) is 4.12. The third-order valence-corrected chi connectivity index (χ3v) is 2.74. The lowest BCUT2D eigenvalue weighted by Crippen LogP contribution is -2.03. The fourth-order valence-electron chi connectivity index (χ4n) is 1.75. The predicted molar refractivity (Wildman–Crippen MR) is 65.5 cm³/mol. The van der Waals surface area contributed by atoms with Gasteiger partial charge in [0.05, 0.1) is 0 Å². The van der Waals surface area contributed by atoms with Gasteiger partial charge in [0, 0.05) is 6.07 Å². The average molecular weight is 280 g/mol. The number of anilines is 1. The Morgan fingerprint density at radius 2 is 1.95 bits per heavy atom. The minimum atomic E-state index is -0.919. The van der Waals surface area contributed by atoms with Gasteiger partial charge < -0.3 is 19.9 Å². The van der Waals surface area contributed by atoms with Crippen LogP contribution in [-0.4, -0.2) is 11.8 Å². The second-order valence-electron chi connectivity index (χ2n) is 4.12. The molecule has 0 unspecified atom stereocenters. The SMILES string of the molecule is Nc1nc(OCc2ccc3c(c2)OCO3)c(F)cc1F. The lowest BCUT2D eigenvalue weighted by atomic mass is 10.2. The van der Waals surface area contributed by atoms with Crippen LogP contribution in [-0.2, 0) is 6.61 Å². The summed E-state index contributed by atoms with van der Waals surface area (Å²) in [6, 6.07) is 5.83. The molecule has 0 amide bonds. The van der Waals surface area contributed by atoms with Gasteiger partial charge >= 0.3 is 0 Å². The number of ether oxygens (including phenoxy) is 3. The number of nitrogens with two attached hydrogens (primary N) is 1. The number of benzene rings is 1. The molecule has 2 aromatic rings. The molecule has 1 aromatic heterocycles. The number of rotatable bonds is 3. The number of nitrogens with zero attached hydrogens (tertiary/aromatic N) is 1. The first-order chi connectivity index (χ1) is 9.63. The number of nitrogen functional groups attached to an aromatic ring is 1. The monoisotopic (exact) mass is 280 g/mol. The molecule has 0 saturated heterocycles. The number of pyridine rings is 1. The van der Waals surface area contributed by atoms with Crippen LogP contribution < -0.4 is 19.9 Å². The Hall–Kier alpha value is -2.57. The minimum absolute atomic E-state index is 0.0473. The van der Waals surface area contributed by atoms with Gasteiger partial charge in [0.1, 0.15) is 6.61 Å². The summed E-state index contributed by atoms with van der Waals surface area (Å²) in [6.45, 7) is 0.218.